The SMILES string of the molecule is O=c1ccn(-c2ccccc2)c2ccnc(C(F)(F)F)c12. The predicted molar refractivity (Wildman–Crippen MR) is 72.3 cm³/mol. The molecule has 106 valence electrons. The van der Waals surface area contributed by atoms with Gasteiger partial charge in [-0.2, -0.15) is 13.2 Å². The zero-order chi connectivity index (χ0) is 15.0. The largest absolute Gasteiger partial charge is 0.434 e. The van der Waals surface area contributed by atoms with Crippen LogP contribution in [-0.4, -0.2) is 9.55 Å². The molecule has 0 N–H and O–H groups in total. The first kappa shape index (κ1) is 13.4. The van der Waals surface area contributed by atoms with E-state index in [1.54, 1.807) is 30.3 Å². The fraction of sp³-hybridized carbons (Fsp3) is 0.0667. The number of alkyl halides is 3. The molecular weight excluding hydrogens is 281 g/mol. The van der Waals surface area contributed by atoms with Crippen LogP contribution in [0.5, 0.6) is 0 Å². The minimum Gasteiger partial charge on any atom is -0.316 e. The third kappa shape index (κ3) is 2.29. The molecule has 0 saturated heterocycles. The highest BCUT2D eigenvalue weighted by Crippen LogP contribution is 2.31. The van der Waals surface area contributed by atoms with Crippen LogP contribution < -0.4 is 5.43 Å². The molecular formula is C15H9F3N2O. The molecule has 0 unspecified atom stereocenters. The molecule has 3 aromatic rings. The number of hydrogen-bond donors (Lipinski definition) is 0. The molecule has 0 amide bonds. The van der Waals surface area contributed by atoms with Gasteiger partial charge in [-0.05, 0) is 18.2 Å². The van der Waals surface area contributed by atoms with E-state index in [9.17, 15) is 18.0 Å². The molecule has 2 heterocycles. The number of nitrogens with zero attached hydrogens (tertiary/aromatic N) is 2. The van der Waals surface area contributed by atoms with Gasteiger partial charge < -0.3 is 4.57 Å². The summed E-state index contributed by atoms with van der Waals surface area (Å²) in [5.41, 5.74) is -1.01. The Bertz CT molecular complexity index is 854. The molecule has 0 fully saturated rings. The monoisotopic (exact) mass is 290 g/mol. The van der Waals surface area contributed by atoms with Gasteiger partial charge in [0.1, 0.15) is 0 Å². The van der Waals surface area contributed by atoms with Gasteiger partial charge in [-0.3, -0.25) is 9.78 Å². The van der Waals surface area contributed by atoms with Crippen LogP contribution in [0.15, 0.2) is 59.7 Å². The fourth-order valence-corrected chi connectivity index (χ4v) is 2.23. The number of rotatable bonds is 1. The number of pyridine rings is 2. The molecule has 0 saturated carbocycles. The Kier molecular flexibility index (Phi) is 3.01. The van der Waals surface area contributed by atoms with Gasteiger partial charge in [0.05, 0.1) is 10.9 Å². The molecule has 2 aromatic heterocycles. The molecule has 0 aliphatic heterocycles. The number of halogens is 3. The summed E-state index contributed by atoms with van der Waals surface area (Å²) in [6.45, 7) is 0. The quantitative estimate of drug-likeness (QED) is 0.688. The number of fused-ring (bicyclic) bond motifs is 1. The zero-order valence-electron chi connectivity index (χ0n) is 10.6. The van der Waals surface area contributed by atoms with E-state index in [0.717, 1.165) is 12.3 Å². The molecule has 21 heavy (non-hydrogen) atoms. The van der Waals surface area contributed by atoms with Gasteiger partial charge in [0, 0.05) is 24.1 Å². The first-order valence-corrected chi connectivity index (χ1v) is 6.11. The van der Waals surface area contributed by atoms with E-state index in [0.29, 0.717) is 5.69 Å². The van der Waals surface area contributed by atoms with Crippen molar-refractivity contribution in [2.24, 2.45) is 0 Å². The number of aromatic nitrogens is 2. The molecule has 6 heteroatoms. The fourth-order valence-electron chi connectivity index (χ4n) is 2.23. The summed E-state index contributed by atoms with van der Waals surface area (Å²) < 4.78 is 40.6. The lowest BCUT2D eigenvalue weighted by Crippen LogP contribution is -2.16. The van der Waals surface area contributed by atoms with Crippen LogP contribution >= 0.6 is 0 Å². The van der Waals surface area contributed by atoms with Crippen LogP contribution in [0.4, 0.5) is 13.2 Å². The minimum absolute atomic E-state index is 0.177. The van der Waals surface area contributed by atoms with Gasteiger partial charge in [0.2, 0.25) is 0 Å². The van der Waals surface area contributed by atoms with Crippen molar-refractivity contribution >= 4 is 10.9 Å². The lowest BCUT2D eigenvalue weighted by molar-refractivity contribution is -0.139. The van der Waals surface area contributed by atoms with E-state index in [4.69, 9.17) is 0 Å². The predicted octanol–water partition coefficient (Wildman–Crippen LogP) is 3.40. The summed E-state index contributed by atoms with van der Waals surface area (Å²) in [7, 11) is 0. The third-order valence-electron chi connectivity index (χ3n) is 3.11. The van der Waals surface area contributed by atoms with Gasteiger partial charge in [-0.15, -0.1) is 0 Å². The van der Waals surface area contributed by atoms with Crippen LogP contribution in [-0.2, 0) is 6.18 Å². The van der Waals surface area contributed by atoms with Crippen molar-refractivity contribution in [1.29, 1.82) is 0 Å². The summed E-state index contributed by atoms with van der Waals surface area (Å²) in [5.74, 6) is 0. The topological polar surface area (TPSA) is 34.9 Å². The van der Waals surface area contributed by atoms with E-state index < -0.39 is 22.7 Å². The first-order chi connectivity index (χ1) is 9.98. The average molecular weight is 290 g/mol. The Balaban J connectivity index is 2.42. The van der Waals surface area contributed by atoms with Crippen molar-refractivity contribution in [1.82, 2.24) is 9.55 Å². The zero-order valence-corrected chi connectivity index (χ0v) is 10.6. The summed E-state index contributed by atoms with van der Waals surface area (Å²) in [6, 6.07) is 11.4. The van der Waals surface area contributed by atoms with Crippen molar-refractivity contribution in [2.75, 3.05) is 0 Å². The molecule has 0 atom stereocenters. The van der Waals surface area contributed by atoms with E-state index in [1.165, 1.54) is 16.8 Å². The Hall–Kier alpha value is -2.63. The number of hydrogen-bond acceptors (Lipinski definition) is 2. The molecule has 3 rings (SSSR count). The summed E-state index contributed by atoms with van der Waals surface area (Å²) in [6.07, 6.45) is -2.15. The van der Waals surface area contributed by atoms with Crippen LogP contribution in [0.25, 0.3) is 16.6 Å². The Morgan fingerprint density at radius 2 is 1.71 bits per heavy atom. The normalized spacial score (nSPS) is 11.8. The lowest BCUT2D eigenvalue weighted by atomic mass is 10.1. The highest BCUT2D eigenvalue weighted by atomic mass is 19.4. The second kappa shape index (κ2) is 4.73. The third-order valence-corrected chi connectivity index (χ3v) is 3.11. The summed E-state index contributed by atoms with van der Waals surface area (Å²) in [4.78, 5) is 15.2. The van der Waals surface area contributed by atoms with Crippen LogP contribution in [0.1, 0.15) is 5.69 Å². The van der Waals surface area contributed by atoms with Crippen molar-refractivity contribution in [2.45, 2.75) is 6.18 Å². The highest BCUT2D eigenvalue weighted by Gasteiger charge is 2.35. The van der Waals surface area contributed by atoms with Crippen LogP contribution in [0.3, 0.4) is 0 Å². The standard InChI is InChI=1S/C15H9F3N2O/c16-15(17,18)14-13-11(6-8-19-14)20(9-7-12(13)21)10-4-2-1-3-5-10/h1-9H. The molecule has 0 spiro atoms. The Morgan fingerprint density at radius 3 is 2.38 bits per heavy atom. The van der Waals surface area contributed by atoms with Gasteiger partial charge >= 0.3 is 6.18 Å². The Labute approximate surface area is 117 Å². The molecule has 0 radical (unpaired) electrons. The smallest absolute Gasteiger partial charge is 0.316 e. The first-order valence-electron chi connectivity index (χ1n) is 6.11. The molecule has 0 aliphatic rings. The Morgan fingerprint density at radius 1 is 1.00 bits per heavy atom. The van der Waals surface area contributed by atoms with E-state index in [-0.39, 0.29) is 5.52 Å². The lowest BCUT2D eigenvalue weighted by Gasteiger charge is -2.13. The molecule has 0 aliphatic carbocycles. The second-order valence-corrected chi connectivity index (χ2v) is 4.44. The van der Waals surface area contributed by atoms with Crippen molar-refractivity contribution in [3.8, 4) is 5.69 Å². The van der Waals surface area contributed by atoms with Crippen molar-refractivity contribution in [3.05, 3.63) is 70.8 Å². The number of para-hydroxylation sites is 1. The number of benzene rings is 1. The summed E-state index contributed by atoms with van der Waals surface area (Å²) in [5, 5.41) is -0.420. The van der Waals surface area contributed by atoms with Crippen LogP contribution in [0.2, 0.25) is 0 Å². The second-order valence-electron chi connectivity index (χ2n) is 4.44. The van der Waals surface area contributed by atoms with Gasteiger partial charge in [0.25, 0.3) is 0 Å². The van der Waals surface area contributed by atoms with Crippen molar-refractivity contribution < 1.29 is 13.2 Å². The summed E-state index contributed by atoms with van der Waals surface area (Å²) >= 11 is 0. The maximum Gasteiger partial charge on any atom is 0.434 e. The molecule has 0 bridgehead atoms. The van der Waals surface area contributed by atoms with E-state index in [1.807, 2.05) is 0 Å². The highest BCUT2D eigenvalue weighted by molar-refractivity contribution is 5.83. The van der Waals surface area contributed by atoms with Crippen molar-refractivity contribution in [3.63, 3.8) is 0 Å². The minimum atomic E-state index is -4.67. The van der Waals surface area contributed by atoms with Crippen LogP contribution in [0, 0.1) is 0 Å². The van der Waals surface area contributed by atoms with E-state index >= 15 is 0 Å². The van der Waals surface area contributed by atoms with Gasteiger partial charge in [-0.25, -0.2) is 0 Å². The van der Waals surface area contributed by atoms with Gasteiger partial charge in [0.15, 0.2) is 11.1 Å². The maximum absolute atomic E-state index is 13.0. The maximum atomic E-state index is 13.0. The van der Waals surface area contributed by atoms with E-state index in [2.05, 4.69) is 4.98 Å². The molecule has 1 aromatic carbocycles. The van der Waals surface area contributed by atoms with Gasteiger partial charge in [-0.1, -0.05) is 18.2 Å². The molecule has 3 nitrogen and oxygen atoms in total. The average Bonchev–Trinajstić information content (AvgIpc) is 2.47.